The Labute approximate surface area is 112 Å². The van der Waals surface area contributed by atoms with Crippen molar-refractivity contribution in [1.29, 1.82) is 0 Å². The van der Waals surface area contributed by atoms with Crippen LogP contribution in [0.25, 0.3) is 11.4 Å². The standard InChI is InChI=1S/C14H17N3O2/c1-2-5-15-14-11-9-19-7-4-12(11)16-13(17-14)10-3-6-18-8-10/h3,6,8H,2,4-5,7,9H2,1H3,(H,15,16,17). The van der Waals surface area contributed by atoms with Gasteiger partial charge in [0.2, 0.25) is 0 Å². The molecule has 0 spiro atoms. The van der Waals surface area contributed by atoms with Crippen LogP contribution in [-0.2, 0) is 17.8 Å². The Morgan fingerprint density at radius 2 is 2.32 bits per heavy atom. The molecule has 2 aromatic heterocycles. The summed E-state index contributed by atoms with van der Waals surface area (Å²) in [5.74, 6) is 1.61. The number of nitrogens with one attached hydrogen (secondary N) is 1. The monoisotopic (exact) mass is 259 g/mol. The Hall–Kier alpha value is -1.88. The second-order valence-electron chi connectivity index (χ2n) is 4.56. The van der Waals surface area contributed by atoms with E-state index in [1.807, 2.05) is 6.07 Å². The first kappa shape index (κ1) is 12.2. The van der Waals surface area contributed by atoms with Gasteiger partial charge in [-0.3, -0.25) is 0 Å². The Balaban J connectivity index is 2.02. The zero-order valence-corrected chi connectivity index (χ0v) is 11.0. The summed E-state index contributed by atoms with van der Waals surface area (Å²) in [6, 6.07) is 1.88. The molecule has 0 bridgehead atoms. The maximum absolute atomic E-state index is 5.51. The zero-order valence-electron chi connectivity index (χ0n) is 11.0. The zero-order chi connectivity index (χ0) is 13.1. The molecule has 1 aliphatic heterocycles. The highest BCUT2D eigenvalue weighted by Gasteiger charge is 2.18. The molecule has 0 aliphatic carbocycles. The van der Waals surface area contributed by atoms with Crippen molar-refractivity contribution in [2.75, 3.05) is 18.5 Å². The molecular formula is C14H17N3O2. The molecule has 0 saturated carbocycles. The maximum Gasteiger partial charge on any atom is 0.165 e. The van der Waals surface area contributed by atoms with Crippen molar-refractivity contribution in [2.24, 2.45) is 0 Å². The van der Waals surface area contributed by atoms with Gasteiger partial charge in [-0.2, -0.15) is 0 Å². The third-order valence-corrected chi connectivity index (χ3v) is 3.14. The fraction of sp³-hybridized carbons (Fsp3) is 0.429. The molecule has 0 atom stereocenters. The first-order chi connectivity index (χ1) is 9.38. The van der Waals surface area contributed by atoms with Crippen LogP contribution < -0.4 is 5.32 Å². The highest BCUT2D eigenvalue weighted by Crippen LogP contribution is 2.26. The van der Waals surface area contributed by atoms with Crippen molar-refractivity contribution >= 4 is 5.82 Å². The van der Waals surface area contributed by atoms with Crippen molar-refractivity contribution in [2.45, 2.75) is 26.4 Å². The average Bonchev–Trinajstić information content (AvgIpc) is 2.98. The minimum Gasteiger partial charge on any atom is -0.472 e. The molecule has 0 saturated heterocycles. The van der Waals surface area contributed by atoms with Gasteiger partial charge in [0.15, 0.2) is 5.82 Å². The molecule has 0 fully saturated rings. The summed E-state index contributed by atoms with van der Waals surface area (Å²) in [6.45, 7) is 4.34. The van der Waals surface area contributed by atoms with Gasteiger partial charge in [0.05, 0.1) is 30.7 Å². The lowest BCUT2D eigenvalue weighted by atomic mass is 10.1. The van der Waals surface area contributed by atoms with E-state index in [-0.39, 0.29) is 0 Å². The first-order valence-electron chi connectivity index (χ1n) is 6.62. The van der Waals surface area contributed by atoms with Crippen molar-refractivity contribution < 1.29 is 9.15 Å². The van der Waals surface area contributed by atoms with Crippen LogP contribution in [0.4, 0.5) is 5.82 Å². The largest absolute Gasteiger partial charge is 0.472 e. The number of rotatable bonds is 4. The van der Waals surface area contributed by atoms with Gasteiger partial charge in [-0.15, -0.1) is 0 Å². The van der Waals surface area contributed by atoms with Gasteiger partial charge >= 0.3 is 0 Å². The van der Waals surface area contributed by atoms with E-state index in [9.17, 15) is 0 Å². The number of hydrogen-bond donors (Lipinski definition) is 1. The van der Waals surface area contributed by atoms with Crippen LogP contribution in [0.15, 0.2) is 23.0 Å². The summed E-state index contributed by atoms with van der Waals surface area (Å²) in [6.07, 6.45) is 5.20. The Morgan fingerprint density at radius 3 is 3.11 bits per heavy atom. The number of anilines is 1. The van der Waals surface area contributed by atoms with Crippen LogP contribution in [0.1, 0.15) is 24.6 Å². The molecule has 1 N–H and O–H groups in total. The van der Waals surface area contributed by atoms with Crippen molar-refractivity contribution in [3.8, 4) is 11.4 Å². The lowest BCUT2D eigenvalue weighted by Crippen LogP contribution is -2.17. The van der Waals surface area contributed by atoms with E-state index < -0.39 is 0 Å². The van der Waals surface area contributed by atoms with Gasteiger partial charge in [0.25, 0.3) is 0 Å². The van der Waals surface area contributed by atoms with Gasteiger partial charge in [0.1, 0.15) is 12.1 Å². The first-order valence-corrected chi connectivity index (χ1v) is 6.62. The minimum absolute atomic E-state index is 0.590. The lowest BCUT2D eigenvalue weighted by molar-refractivity contribution is 0.109. The molecular weight excluding hydrogens is 242 g/mol. The summed E-state index contributed by atoms with van der Waals surface area (Å²) in [7, 11) is 0. The van der Waals surface area contributed by atoms with Gasteiger partial charge < -0.3 is 14.5 Å². The van der Waals surface area contributed by atoms with Gasteiger partial charge in [-0.25, -0.2) is 9.97 Å². The van der Waals surface area contributed by atoms with Crippen LogP contribution in [0.5, 0.6) is 0 Å². The predicted molar refractivity (Wildman–Crippen MR) is 71.9 cm³/mol. The lowest BCUT2D eigenvalue weighted by Gasteiger charge is -2.19. The van der Waals surface area contributed by atoms with E-state index in [1.165, 1.54) is 0 Å². The Kier molecular flexibility index (Phi) is 3.46. The van der Waals surface area contributed by atoms with E-state index in [0.717, 1.165) is 48.6 Å². The molecule has 1 aliphatic rings. The molecule has 0 aromatic carbocycles. The SMILES string of the molecule is CCCNc1nc(-c2ccoc2)nc2c1COCC2. The molecule has 0 unspecified atom stereocenters. The summed E-state index contributed by atoms with van der Waals surface area (Å²) in [5.41, 5.74) is 3.08. The van der Waals surface area contributed by atoms with Crippen LogP contribution in [0, 0.1) is 0 Å². The maximum atomic E-state index is 5.51. The molecule has 19 heavy (non-hydrogen) atoms. The van der Waals surface area contributed by atoms with Crippen LogP contribution in [0.2, 0.25) is 0 Å². The molecule has 3 heterocycles. The number of aromatic nitrogens is 2. The van der Waals surface area contributed by atoms with E-state index in [2.05, 4.69) is 22.2 Å². The predicted octanol–water partition coefficient (Wildman–Crippen LogP) is 2.63. The molecule has 0 amide bonds. The second-order valence-corrected chi connectivity index (χ2v) is 4.56. The van der Waals surface area contributed by atoms with Crippen LogP contribution in [0.3, 0.4) is 0 Å². The summed E-state index contributed by atoms with van der Waals surface area (Å²) in [4.78, 5) is 9.24. The summed E-state index contributed by atoms with van der Waals surface area (Å²) >= 11 is 0. The second kappa shape index (κ2) is 5.40. The normalized spacial score (nSPS) is 14.2. The third kappa shape index (κ3) is 2.46. The Bertz CT molecular complexity index is 552. The number of hydrogen-bond acceptors (Lipinski definition) is 5. The molecule has 2 aromatic rings. The van der Waals surface area contributed by atoms with Crippen molar-refractivity contribution in [3.05, 3.63) is 29.9 Å². The van der Waals surface area contributed by atoms with Crippen molar-refractivity contribution in [1.82, 2.24) is 9.97 Å². The third-order valence-electron chi connectivity index (χ3n) is 3.14. The summed E-state index contributed by atoms with van der Waals surface area (Å²) in [5, 5.41) is 3.36. The number of nitrogens with zero attached hydrogens (tertiary/aromatic N) is 2. The van der Waals surface area contributed by atoms with E-state index >= 15 is 0 Å². The van der Waals surface area contributed by atoms with Crippen LogP contribution >= 0.6 is 0 Å². The van der Waals surface area contributed by atoms with Gasteiger partial charge in [-0.05, 0) is 12.5 Å². The average molecular weight is 259 g/mol. The van der Waals surface area contributed by atoms with Gasteiger partial charge in [-0.1, -0.05) is 6.92 Å². The molecule has 0 radical (unpaired) electrons. The van der Waals surface area contributed by atoms with E-state index in [4.69, 9.17) is 9.15 Å². The fourth-order valence-electron chi connectivity index (χ4n) is 2.14. The highest BCUT2D eigenvalue weighted by atomic mass is 16.5. The quantitative estimate of drug-likeness (QED) is 0.914. The molecule has 5 nitrogen and oxygen atoms in total. The van der Waals surface area contributed by atoms with E-state index in [1.54, 1.807) is 12.5 Å². The summed E-state index contributed by atoms with van der Waals surface area (Å²) < 4.78 is 10.6. The number of furan rings is 1. The Morgan fingerprint density at radius 1 is 1.37 bits per heavy atom. The minimum atomic E-state index is 0.590. The van der Waals surface area contributed by atoms with Gasteiger partial charge in [0, 0.05) is 18.5 Å². The number of fused-ring (bicyclic) bond motifs is 1. The molecule has 5 heteroatoms. The van der Waals surface area contributed by atoms with Crippen LogP contribution in [-0.4, -0.2) is 23.1 Å². The highest BCUT2D eigenvalue weighted by molar-refractivity contribution is 5.59. The molecule has 100 valence electrons. The smallest absolute Gasteiger partial charge is 0.165 e. The van der Waals surface area contributed by atoms with Crippen molar-refractivity contribution in [3.63, 3.8) is 0 Å². The fourth-order valence-corrected chi connectivity index (χ4v) is 2.14. The number of ether oxygens (including phenoxy) is 1. The van der Waals surface area contributed by atoms with E-state index in [0.29, 0.717) is 12.4 Å². The molecule has 3 rings (SSSR count). The topological polar surface area (TPSA) is 60.2 Å².